The number of amides is 1. The highest BCUT2D eigenvalue weighted by atomic mass is 79.9. The van der Waals surface area contributed by atoms with Gasteiger partial charge in [-0.3, -0.25) is 4.79 Å². The number of benzene rings is 2. The van der Waals surface area contributed by atoms with Gasteiger partial charge in [0.25, 0.3) is 5.91 Å². The number of nitrogens with zero attached hydrogens (tertiary/aromatic N) is 1. The summed E-state index contributed by atoms with van der Waals surface area (Å²) < 4.78 is 0.731. The third kappa shape index (κ3) is 3.36. The maximum Gasteiger partial charge on any atom is 0.257 e. The van der Waals surface area contributed by atoms with E-state index in [-0.39, 0.29) is 29.0 Å². The van der Waals surface area contributed by atoms with Crippen LogP contribution in [0.5, 0.6) is 11.5 Å². The van der Waals surface area contributed by atoms with Crippen molar-refractivity contribution in [2.75, 3.05) is 7.05 Å². The standard InChI is InChI=1S/C16H16BrNO3/c1-10(11-3-6-13(19)7-4-11)18(2)16(21)14-9-12(17)5-8-15(14)20/h3-10,19-20H,1-2H3. The Morgan fingerprint density at radius 1 is 1.14 bits per heavy atom. The number of hydrogen-bond acceptors (Lipinski definition) is 3. The second-order valence-corrected chi connectivity index (χ2v) is 5.76. The fraction of sp³-hybridized carbons (Fsp3) is 0.188. The third-order valence-corrected chi connectivity index (χ3v) is 3.96. The average Bonchev–Trinajstić information content (AvgIpc) is 2.48. The minimum atomic E-state index is -0.269. The summed E-state index contributed by atoms with van der Waals surface area (Å²) in [4.78, 5) is 14.0. The molecule has 0 aliphatic carbocycles. The Kier molecular flexibility index (Phi) is 4.53. The minimum Gasteiger partial charge on any atom is -0.508 e. The Bertz CT molecular complexity index is 655. The van der Waals surface area contributed by atoms with Crippen molar-refractivity contribution in [3.05, 3.63) is 58.1 Å². The van der Waals surface area contributed by atoms with Gasteiger partial charge in [0.05, 0.1) is 11.6 Å². The van der Waals surface area contributed by atoms with Crippen molar-refractivity contribution in [1.29, 1.82) is 0 Å². The second kappa shape index (κ2) is 6.18. The molecule has 110 valence electrons. The SMILES string of the molecule is CC(c1ccc(O)cc1)N(C)C(=O)c1cc(Br)ccc1O. The normalized spacial score (nSPS) is 12.0. The number of phenolic OH excluding ortho intramolecular Hbond substituents is 2. The molecule has 5 heteroatoms. The van der Waals surface area contributed by atoms with Crippen LogP contribution in [0.2, 0.25) is 0 Å². The molecule has 0 aromatic heterocycles. The van der Waals surface area contributed by atoms with Crippen LogP contribution in [0, 0.1) is 0 Å². The fourth-order valence-corrected chi connectivity index (χ4v) is 2.38. The molecule has 2 N–H and O–H groups in total. The van der Waals surface area contributed by atoms with Crippen LogP contribution < -0.4 is 0 Å². The van der Waals surface area contributed by atoms with Gasteiger partial charge in [0.15, 0.2) is 0 Å². The molecule has 0 aliphatic rings. The van der Waals surface area contributed by atoms with E-state index in [0.29, 0.717) is 0 Å². The van der Waals surface area contributed by atoms with Crippen molar-refractivity contribution < 1.29 is 15.0 Å². The van der Waals surface area contributed by atoms with Gasteiger partial charge in [-0.25, -0.2) is 0 Å². The summed E-state index contributed by atoms with van der Waals surface area (Å²) >= 11 is 3.29. The van der Waals surface area contributed by atoms with E-state index >= 15 is 0 Å². The van der Waals surface area contributed by atoms with Gasteiger partial charge < -0.3 is 15.1 Å². The summed E-state index contributed by atoms with van der Waals surface area (Å²) in [5.41, 5.74) is 1.15. The highest BCUT2D eigenvalue weighted by Gasteiger charge is 2.21. The smallest absolute Gasteiger partial charge is 0.257 e. The first-order valence-electron chi connectivity index (χ1n) is 6.44. The van der Waals surface area contributed by atoms with Crippen molar-refractivity contribution in [3.63, 3.8) is 0 Å². The highest BCUT2D eigenvalue weighted by molar-refractivity contribution is 9.10. The third-order valence-electron chi connectivity index (χ3n) is 3.47. The summed E-state index contributed by atoms with van der Waals surface area (Å²) in [6.07, 6.45) is 0. The Labute approximate surface area is 131 Å². The predicted molar refractivity (Wildman–Crippen MR) is 84.4 cm³/mol. The Hall–Kier alpha value is -2.01. The molecule has 4 nitrogen and oxygen atoms in total. The van der Waals surface area contributed by atoms with Gasteiger partial charge in [-0.05, 0) is 42.8 Å². The van der Waals surface area contributed by atoms with Gasteiger partial charge >= 0.3 is 0 Å². The van der Waals surface area contributed by atoms with Crippen LogP contribution in [0.4, 0.5) is 0 Å². The molecule has 0 saturated heterocycles. The van der Waals surface area contributed by atoms with Crippen LogP contribution in [0.15, 0.2) is 46.9 Å². The maximum atomic E-state index is 12.5. The summed E-state index contributed by atoms with van der Waals surface area (Å²) in [5.74, 6) is -0.133. The number of carbonyl (C=O) groups excluding carboxylic acids is 1. The second-order valence-electron chi connectivity index (χ2n) is 4.85. The molecule has 0 radical (unpaired) electrons. The number of aromatic hydroxyl groups is 2. The average molecular weight is 350 g/mol. The van der Waals surface area contributed by atoms with Crippen LogP contribution in [-0.2, 0) is 0 Å². The molecule has 2 aromatic rings. The Morgan fingerprint density at radius 3 is 2.38 bits per heavy atom. The quantitative estimate of drug-likeness (QED) is 0.888. The van der Waals surface area contributed by atoms with Crippen molar-refractivity contribution >= 4 is 21.8 Å². The summed E-state index contributed by atoms with van der Waals surface area (Å²) in [6.45, 7) is 1.89. The van der Waals surface area contributed by atoms with Crippen LogP contribution in [0.1, 0.15) is 28.9 Å². The Balaban J connectivity index is 2.26. The molecule has 2 rings (SSSR count). The van der Waals surface area contributed by atoms with E-state index in [1.807, 2.05) is 6.92 Å². The van der Waals surface area contributed by atoms with Crippen molar-refractivity contribution in [1.82, 2.24) is 4.90 Å². The van der Waals surface area contributed by atoms with Crippen LogP contribution >= 0.6 is 15.9 Å². The molecule has 0 fully saturated rings. The minimum absolute atomic E-state index is 0.0482. The maximum absolute atomic E-state index is 12.5. The number of rotatable bonds is 3. The van der Waals surface area contributed by atoms with Gasteiger partial charge in [0.2, 0.25) is 0 Å². The zero-order valence-corrected chi connectivity index (χ0v) is 13.3. The van der Waals surface area contributed by atoms with E-state index in [1.165, 1.54) is 6.07 Å². The first-order chi connectivity index (χ1) is 9.90. The molecule has 1 unspecified atom stereocenters. The molecule has 2 aromatic carbocycles. The van der Waals surface area contributed by atoms with E-state index in [0.717, 1.165) is 10.0 Å². The van der Waals surface area contributed by atoms with Gasteiger partial charge in [-0.2, -0.15) is 0 Å². The zero-order chi connectivity index (χ0) is 15.6. The summed E-state index contributed by atoms with van der Waals surface area (Å²) in [5, 5.41) is 19.2. The van der Waals surface area contributed by atoms with E-state index in [9.17, 15) is 15.0 Å². The monoisotopic (exact) mass is 349 g/mol. The van der Waals surface area contributed by atoms with Gasteiger partial charge in [-0.15, -0.1) is 0 Å². The first kappa shape index (κ1) is 15.4. The first-order valence-corrected chi connectivity index (χ1v) is 7.24. The number of carbonyl (C=O) groups is 1. The predicted octanol–water partition coefficient (Wildman–Crippen LogP) is 3.69. The topological polar surface area (TPSA) is 60.8 Å². The molecule has 21 heavy (non-hydrogen) atoms. The van der Waals surface area contributed by atoms with Crippen LogP contribution in [0.3, 0.4) is 0 Å². The molecule has 0 saturated carbocycles. The molecular formula is C16H16BrNO3. The number of phenols is 2. The van der Waals surface area contributed by atoms with Gasteiger partial charge in [0, 0.05) is 11.5 Å². The van der Waals surface area contributed by atoms with Crippen molar-refractivity contribution in [2.45, 2.75) is 13.0 Å². The highest BCUT2D eigenvalue weighted by Crippen LogP contribution is 2.27. The largest absolute Gasteiger partial charge is 0.508 e. The summed E-state index contributed by atoms with van der Waals surface area (Å²) in [6, 6.07) is 11.3. The Morgan fingerprint density at radius 2 is 1.76 bits per heavy atom. The number of halogens is 1. The molecular weight excluding hydrogens is 334 g/mol. The van der Waals surface area contributed by atoms with Gasteiger partial charge in [-0.1, -0.05) is 28.1 Å². The lowest BCUT2D eigenvalue weighted by Crippen LogP contribution is -2.29. The van der Waals surface area contributed by atoms with E-state index in [2.05, 4.69) is 15.9 Å². The zero-order valence-electron chi connectivity index (χ0n) is 11.7. The van der Waals surface area contributed by atoms with Crippen LogP contribution in [0.25, 0.3) is 0 Å². The molecule has 0 spiro atoms. The van der Waals surface area contributed by atoms with Crippen molar-refractivity contribution in [2.24, 2.45) is 0 Å². The molecule has 0 aliphatic heterocycles. The van der Waals surface area contributed by atoms with E-state index < -0.39 is 0 Å². The lowest BCUT2D eigenvalue weighted by molar-refractivity contribution is 0.0739. The molecule has 1 atom stereocenters. The van der Waals surface area contributed by atoms with Gasteiger partial charge in [0.1, 0.15) is 11.5 Å². The van der Waals surface area contributed by atoms with Crippen molar-refractivity contribution in [3.8, 4) is 11.5 Å². The lowest BCUT2D eigenvalue weighted by Gasteiger charge is -2.26. The molecule has 0 heterocycles. The van der Waals surface area contributed by atoms with Crippen LogP contribution in [-0.4, -0.2) is 28.1 Å². The molecule has 1 amide bonds. The molecule has 0 bridgehead atoms. The van der Waals surface area contributed by atoms with E-state index in [1.54, 1.807) is 48.3 Å². The summed E-state index contributed by atoms with van der Waals surface area (Å²) in [7, 11) is 1.68. The number of hydrogen-bond donors (Lipinski definition) is 2. The van der Waals surface area contributed by atoms with E-state index in [4.69, 9.17) is 0 Å². The lowest BCUT2D eigenvalue weighted by atomic mass is 10.1. The fourth-order valence-electron chi connectivity index (χ4n) is 2.02.